The molecule has 16 heavy (non-hydrogen) atoms. The number of ether oxygens (including phenoxy) is 1. The van der Waals surface area contributed by atoms with Crippen LogP contribution in [-0.2, 0) is 4.79 Å². The van der Waals surface area contributed by atoms with Crippen LogP contribution in [0.1, 0.15) is 24.2 Å². The van der Waals surface area contributed by atoms with Gasteiger partial charge in [0.25, 0.3) is 5.91 Å². The van der Waals surface area contributed by atoms with Gasteiger partial charge in [0.05, 0.1) is 5.69 Å². The van der Waals surface area contributed by atoms with E-state index >= 15 is 0 Å². The van der Waals surface area contributed by atoms with Crippen molar-refractivity contribution in [3.05, 3.63) is 23.8 Å². The number of ketones is 1. The Morgan fingerprint density at radius 1 is 1.44 bits per heavy atom. The first-order chi connectivity index (χ1) is 7.50. The number of carbonyl (C=O) groups excluding carboxylic acids is 2. The third-order valence-electron chi connectivity index (χ3n) is 2.71. The standard InChI is InChI=1S/C12H13NO3/c1-7(14)9-4-5-11-10(6-9)13(3)12(15)8(2)16-11/h4-6,8H,1-3H3/t8-/m0/s1. The molecule has 1 aliphatic rings. The van der Waals surface area contributed by atoms with E-state index in [2.05, 4.69) is 0 Å². The van der Waals surface area contributed by atoms with Crippen molar-refractivity contribution in [2.75, 3.05) is 11.9 Å². The van der Waals surface area contributed by atoms with Crippen molar-refractivity contribution >= 4 is 17.4 Å². The van der Waals surface area contributed by atoms with Crippen LogP contribution in [0.3, 0.4) is 0 Å². The van der Waals surface area contributed by atoms with Gasteiger partial charge in [-0.2, -0.15) is 0 Å². The minimum absolute atomic E-state index is 0.0257. The van der Waals surface area contributed by atoms with Gasteiger partial charge in [-0.1, -0.05) is 0 Å². The Morgan fingerprint density at radius 3 is 2.75 bits per heavy atom. The number of likely N-dealkylation sites (N-methyl/N-ethyl adjacent to an activating group) is 1. The van der Waals surface area contributed by atoms with Crippen LogP contribution in [0.5, 0.6) is 5.75 Å². The molecule has 0 aliphatic carbocycles. The summed E-state index contributed by atoms with van der Waals surface area (Å²) in [5, 5.41) is 0. The zero-order chi connectivity index (χ0) is 11.9. The maximum atomic E-state index is 11.7. The number of benzene rings is 1. The first kappa shape index (κ1) is 10.7. The summed E-state index contributed by atoms with van der Waals surface area (Å²) < 4.78 is 5.45. The highest BCUT2D eigenvalue weighted by molar-refractivity contribution is 6.02. The number of carbonyl (C=O) groups is 2. The number of hydrogen-bond acceptors (Lipinski definition) is 3. The molecule has 4 heteroatoms. The fourth-order valence-corrected chi connectivity index (χ4v) is 1.73. The van der Waals surface area contributed by atoms with Gasteiger partial charge >= 0.3 is 0 Å². The summed E-state index contributed by atoms with van der Waals surface area (Å²) in [4.78, 5) is 24.4. The smallest absolute Gasteiger partial charge is 0.267 e. The fourth-order valence-electron chi connectivity index (χ4n) is 1.73. The van der Waals surface area contributed by atoms with E-state index in [9.17, 15) is 9.59 Å². The molecule has 4 nitrogen and oxygen atoms in total. The van der Waals surface area contributed by atoms with Gasteiger partial charge in [0.2, 0.25) is 0 Å². The van der Waals surface area contributed by atoms with Crippen molar-refractivity contribution in [1.29, 1.82) is 0 Å². The molecule has 1 heterocycles. The fraction of sp³-hybridized carbons (Fsp3) is 0.333. The quantitative estimate of drug-likeness (QED) is 0.674. The lowest BCUT2D eigenvalue weighted by Gasteiger charge is -2.30. The van der Waals surface area contributed by atoms with E-state index in [4.69, 9.17) is 4.74 Å². The highest BCUT2D eigenvalue weighted by Gasteiger charge is 2.29. The summed E-state index contributed by atoms with van der Waals surface area (Å²) in [6.07, 6.45) is -0.472. The molecule has 0 radical (unpaired) electrons. The van der Waals surface area contributed by atoms with E-state index in [1.807, 2.05) is 0 Å². The molecule has 84 valence electrons. The first-order valence-electron chi connectivity index (χ1n) is 5.10. The topological polar surface area (TPSA) is 46.6 Å². The van der Waals surface area contributed by atoms with E-state index in [0.29, 0.717) is 17.0 Å². The summed E-state index contributed by atoms with van der Waals surface area (Å²) in [6, 6.07) is 5.12. The normalized spacial score (nSPS) is 19.1. The predicted octanol–water partition coefficient (Wildman–Crippen LogP) is 1.63. The van der Waals surface area contributed by atoms with Crippen molar-refractivity contribution in [2.45, 2.75) is 20.0 Å². The number of nitrogens with zero attached hydrogens (tertiary/aromatic N) is 1. The van der Waals surface area contributed by atoms with Crippen LogP contribution in [0.15, 0.2) is 18.2 Å². The second-order valence-electron chi connectivity index (χ2n) is 3.90. The van der Waals surface area contributed by atoms with Crippen molar-refractivity contribution in [3.63, 3.8) is 0 Å². The van der Waals surface area contributed by atoms with Crippen molar-refractivity contribution < 1.29 is 14.3 Å². The maximum Gasteiger partial charge on any atom is 0.267 e. The molecule has 0 saturated heterocycles. The summed E-state index contributed by atoms with van der Waals surface area (Å²) in [5.41, 5.74) is 1.23. The number of rotatable bonds is 1. The lowest BCUT2D eigenvalue weighted by Crippen LogP contribution is -2.42. The van der Waals surface area contributed by atoms with Crippen LogP contribution in [-0.4, -0.2) is 24.8 Å². The van der Waals surface area contributed by atoms with Crippen molar-refractivity contribution in [3.8, 4) is 5.75 Å². The molecular formula is C12H13NO3. The summed E-state index contributed by atoms with van der Waals surface area (Å²) in [7, 11) is 1.68. The van der Waals surface area contributed by atoms with Crippen LogP contribution in [0.25, 0.3) is 0 Å². The molecule has 1 aliphatic heterocycles. The minimum Gasteiger partial charge on any atom is -0.479 e. The average Bonchev–Trinajstić information content (AvgIpc) is 2.25. The molecule has 1 amide bonds. The maximum absolute atomic E-state index is 11.7. The molecule has 0 bridgehead atoms. The second kappa shape index (κ2) is 3.63. The summed E-state index contributed by atoms with van der Waals surface area (Å²) in [5.74, 6) is 0.509. The molecule has 0 spiro atoms. The van der Waals surface area contributed by atoms with Crippen LogP contribution in [0, 0.1) is 0 Å². The van der Waals surface area contributed by atoms with Crippen LogP contribution in [0.4, 0.5) is 5.69 Å². The molecule has 1 aromatic rings. The zero-order valence-electron chi connectivity index (χ0n) is 9.48. The van der Waals surface area contributed by atoms with E-state index in [1.54, 1.807) is 32.2 Å². The number of fused-ring (bicyclic) bond motifs is 1. The summed E-state index contributed by atoms with van der Waals surface area (Å²) >= 11 is 0. The van der Waals surface area contributed by atoms with Crippen LogP contribution < -0.4 is 9.64 Å². The van der Waals surface area contributed by atoms with Gasteiger partial charge in [-0.3, -0.25) is 9.59 Å². The van der Waals surface area contributed by atoms with Gasteiger partial charge < -0.3 is 9.64 Å². The minimum atomic E-state index is -0.472. The van der Waals surface area contributed by atoms with Crippen molar-refractivity contribution in [1.82, 2.24) is 0 Å². The SMILES string of the molecule is CC(=O)c1ccc2c(c1)N(C)C(=O)[C@H](C)O2. The van der Waals surface area contributed by atoms with Gasteiger partial charge in [-0.15, -0.1) is 0 Å². The number of anilines is 1. The third-order valence-corrected chi connectivity index (χ3v) is 2.71. The van der Waals surface area contributed by atoms with Gasteiger partial charge in [0.15, 0.2) is 11.9 Å². The first-order valence-corrected chi connectivity index (χ1v) is 5.10. The van der Waals surface area contributed by atoms with Crippen molar-refractivity contribution in [2.24, 2.45) is 0 Å². The molecule has 0 fully saturated rings. The van der Waals surface area contributed by atoms with Gasteiger partial charge in [-0.25, -0.2) is 0 Å². The molecule has 0 unspecified atom stereocenters. The monoisotopic (exact) mass is 219 g/mol. The van der Waals surface area contributed by atoms with E-state index in [-0.39, 0.29) is 11.7 Å². The largest absolute Gasteiger partial charge is 0.479 e. The Hall–Kier alpha value is -1.84. The Balaban J connectivity index is 2.50. The second-order valence-corrected chi connectivity index (χ2v) is 3.90. The van der Waals surface area contributed by atoms with Gasteiger partial charge in [0, 0.05) is 12.6 Å². The van der Waals surface area contributed by atoms with E-state index in [0.717, 1.165) is 0 Å². The number of amides is 1. The molecule has 0 N–H and O–H groups in total. The van der Waals surface area contributed by atoms with Crippen LogP contribution in [0.2, 0.25) is 0 Å². The lowest BCUT2D eigenvalue weighted by molar-refractivity contribution is -0.125. The number of hydrogen-bond donors (Lipinski definition) is 0. The highest BCUT2D eigenvalue weighted by Crippen LogP contribution is 2.33. The zero-order valence-corrected chi connectivity index (χ0v) is 9.48. The summed E-state index contributed by atoms with van der Waals surface area (Å²) in [6.45, 7) is 3.20. The Bertz CT molecular complexity index is 467. The number of Topliss-reactive ketones (excluding diaryl/α,β-unsaturated/α-hetero) is 1. The lowest BCUT2D eigenvalue weighted by atomic mass is 10.1. The van der Waals surface area contributed by atoms with E-state index < -0.39 is 6.10 Å². The molecule has 0 aromatic heterocycles. The molecule has 0 saturated carbocycles. The molecule has 2 rings (SSSR count). The highest BCUT2D eigenvalue weighted by atomic mass is 16.5. The molecular weight excluding hydrogens is 206 g/mol. The average molecular weight is 219 g/mol. The molecule has 1 atom stereocenters. The molecule has 1 aromatic carbocycles. The Labute approximate surface area is 93.8 Å². The predicted molar refractivity (Wildman–Crippen MR) is 59.9 cm³/mol. The Morgan fingerprint density at radius 2 is 2.12 bits per heavy atom. The Kier molecular flexibility index (Phi) is 2.42. The third kappa shape index (κ3) is 1.56. The van der Waals surface area contributed by atoms with E-state index in [1.165, 1.54) is 11.8 Å². The van der Waals surface area contributed by atoms with Gasteiger partial charge in [-0.05, 0) is 32.0 Å². The van der Waals surface area contributed by atoms with Gasteiger partial charge in [0.1, 0.15) is 5.75 Å². The van der Waals surface area contributed by atoms with Crippen LogP contribution >= 0.6 is 0 Å².